The van der Waals surface area contributed by atoms with Gasteiger partial charge in [0.25, 0.3) is 0 Å². The SMILES string of the molecule is COc1cc(/C=N/NC(=O)Cc2ccc(Br)cc2)ccc1OCc1ccc(Cl)cc1. The number of nitrogens with zero attached hydrogens (tertiary/aromatic N) is 1. The van der Waals surface area contributed by atoms with Crippen molar-refractivity contribution in [1.29, 1.82) is 0 Å². The monoisotopic (exact) mass is 486 g/mol. The van der Waals surface area contributed by atoms with Gasteiger partial charge >= 0.3 is 0 Å². The number of carbonyl (C=O) groups excluding carboxylic acids is 1. The number of hydrogen-bond acceptors (Lipinski definition) is 4. The maximum Gasteiger partial charge on any atom is 0.244 e. The van der Waals surface area contributed by atoms with Gasteiger partial charge in [-0.3, -0.25) is 4.79 Å². The average molecular weight is 488 g/mol. The first-order chi connectivity index (χ1) is 14.5. The number of carbonyl (C=O) groups is 1. The van der Waals surface area contributed by atoms with Crippen molar-refractivity contribution in [3.05, 3.63) is 92.9 Å². The van der Waals surface area contributed by atoms with Gasteiger partial charge in [-0.05, 0) is 59.2 Å². The molecule has 0 fully saturated rings. The zero-order valence-corrected chi connectivity index (χ0v) is 18.6. The first-order valence-electron chi connectivity index (χ1n) is 9.15. The van der Waals surface area contributed by atoms with E-state index in [4.69, 9.17) is 21.1 Å². The van der Waals surface area contributed by atoms with E-state index < -0.39 is 0 Å². The Morgan fingerprint density at radius 1 is 1.03 bits per heavy atom. The lowest BCUT2D eigenvalue weighted by Crippen LogP contribution is -2.19. The van der Waals surface area contributed by atoms with Crippen molar-refractivity contribution >= 4 is 39.7 Å². The van der Waals surface area contributed by atoms with Crippen LogP contribution < -0.4 is 14.9 Å². The van der Waals surface area contributed by atoms with E-state index in [1.807, 2.05) is 54.6 Å². The zero-order chi connectivity index (χ0) is 21.3. The fourth-order valence-electron chi connectivity index (χ4n) is 2.63. The molecule has 30 heavy (non-hydrogen) atoms. The van der Waals surface area contributed by atoms with Crippen molar-refractivity contribution in [3.63, 3.8) is 0 Å². The molecule has 5 nitrogen and oxygen atoms in total. The zero-order valence-electron chi connectivity index (χ0n) is 16.3. The summed E-state index contributed by atoms with van der Waals surface area (Å²) in [5.41, 5.74) is 5.22. The summed E-state index contributed by atoms with van der Waals surface area (Å²) in [5.74, 6) is 1.00. The Kier molecular flexibility index (Phi) is 7.88. The molecular weight excluding hydrogens is 468 g/mol. The number of nitrogens with one attached hydrogen (secondary N) is 1. The van der Waals surface area contributed by atoms with E-state index in [1.54, 1.807) is 25.5 Å². The van der Waals surface area contributed by atoms with Crippen LogP contribution >= 0.6 is 27.5 Å². The fraction of sp³-hybridized carbons (Fsp3) is 0.130. The van der Waals surface area contributed by atoms with Crippen LogP contribution in [-0.4, -0.2) is 19.2 Å². The van der Waals surface area contributed by atoms with Gasteiger partial charge in [0.15, 0.2) is 11.5 Å². The maximum atomic E-state index is 12.0. The number of halogens is 2. The highest BCUT2D eigenvalue weighted by molar-refractivity contribution is 9.10. The Hall–Kier alpha value is -2.83. The molecule has 3 aromatic rings. The van der Waals surface area contributed by atoms with Crippen molar-refractivity contribution in [3.8, 4) is 11.5 Å². The summed E-state index contributed by atoms with van der Waals surface area (Å²) in [6.45, 7) is 0.396. The van der Waals surface area contributed by atoms with Gasteiger partial charge in [0, 0.05) is 9.50 Å². The Bertz CT molecular complexity index is 1020. The quantitative estimate of drug-likeness (QED) is 0.343. The van der Waals surface area contributed by atoms with Crippen LogP contribution in [0.5, 0.6) is 11.5 Å². The highest BCUT2D eigenvalue weighted by atomic mass is 79.9. The van der Waals surface area contributed by atoms with E-state index >= 15 is 0 Å². The van der Waals surface area contributed by atoms with Crippen molar-refractivity contribution in [2.75, 3.05) is 7.11 Å². The Labute approximate surface area is 188 Å². The minimum absolute atomic E-state index is 0.191. The van der Waals surface area contributed by atoms with Crippen LogP contribution in [0.3, 0.4) is 0 Å². The maximum absolute atomic E-state index is 12.0. The molecule has 0 atom stereocenters. The molecule has 3 rings (SSSR count). The molecule has 1 amide bonds. The van der Waals surface area contributed by atoms with Crippen LogP contribution in [0.25, 0.3) is 0 Å². The summed E-state index contributed by atoms with van der Waals surface area (Å²) in [5, 5.41) is 4.70. The summed E-state index contributed by atoms with van der Waals surface area (Å²) in [7, 11) is 1.57. The molecule has 0 unspecified atom stereocenters. The number of hydrazone groups is 1. The van der Waals surface area contributed by atoms with Gasteiger partial charge < -0.3 is 9.47 Å². The second kappa shape index (κ2) is 10.8. The minimum atomic E-state index is -0.191. The third-order valence-corrected chi connectivity index (χ3v) is 4.96. The lowest BCUT2D eigenvalue weighted by Gasteiger charge is -2.11. The number of ether oxygens (including phenoxy) is 2. The van der Waals surface area contributed by atoms with E-state index in [9.17, 15) is 4.79 Å². The van der Waals surface area contributed by atoms with Crippen LogP contribution in [0.2, 0.25) is 5.02 Å². The Morgan fingerprint density at radius 3 is 2.43 bits per heavy atom. The predicted molar refractivity (Wildman–Crippen MR) is 122 cm³/mol. The lowest BCUT2D eigenvalue weighted by atomic mass is 10.1. The molecular formula is C23H20BrClN2O3. The number of amides is 1. The van der Waals surface area contributed by atoms with Gasteiger partial charge in [0.05, 0.1) is 19.7 Å². The minimum Gasteiger partial charge on any atom is -0.493 e. The van der Waals surface area contributed by atoms with E-state index in [0.717, 1.165) is 21.2 Å². The van der Waals surface area contributed by atoms with Gasteiger partial charge in [0.2, 0.25) is 5.91 Å². The smallest absolute Gasteiger partial charge is 0.244 e. The highest BCUT2D eigenvalue weighted by Gasteiger charge is 2.06. The molecule has 154 valence electrons. The molecule has 0 aromatic heterocycles. The molecule has 7 heteroatoms. The number of hydrogen-bond donors (Lipinski definition) is 1. The van der Waals surface area contributed by atoms with Crippen LogP contribution in [0.15, 0.2) is 76.3 Å². The Balaban J connectivity index is 1.56. The van der Waals surface area contributed by atoms with Crippen molar-refractivity contribution < 1.29 is 14.3 Å². The van der Waals surface area contributed by atoms with Crippen LogP contribution in [-0.2, 0) is 17.8 Å². The van der Waals surface area contributed by atoms with Gasteiger partial charge in [0.1, 0.15) is 6.61 Å². The highest BCUT2D eigenvalue weighted by Crippen LogP contribution is 2.28. The van der Waals surface area contributed by atoms with Crippen LogP contribution in [0.4, 0.5) is 0 Å². The van der Waals surface area contributed by atoms with Crippen LogP contribution in [0, 0.1) is 0 Å². The normalized spacial score (nSPS) is 10.8. The predicted octanol–water partition coefficient (Wildman–Crippen LogP) is 5.38. The lowest BCUT2D eigenvalue weighted by molar-refractivity contribution is -0.120. The molecule has 0 heterocycles. The number of methoxy groups -OCH3 is 1. The van der Waals surface area contributed by atoms with Crippen LogP contribution in [0.1, 0.15) is 16.7 Å². The topological polar surface area (TPSA) is 59.9 Å². The van der Waals surface area contributed by atoms with Gasteiger partial charge in [-0.2, -0.15) is 5.10 Å². The molecule has 0 spiro atoms. The number of rotatable bonds is 8. The van der Waals surface area contributed by atoms with E-state index in [1.165, 1.54) is 0 Å². The third-order valence-electron chi connectivity index (χ3n) is 4.18. The first kappa shape index (κ1) is 21.9. The molecule has 1 N–H and O–H groups in total. The van der Waals surface area contributed by atoms with E-state index in [-0.39, 0.29) is 12.3 Å². The molecule has 0 aliphatic carbocycles. The molecule has 0 radical (unpaired) electrons. The molecule has 0 aliphatic rings. The standard InChI is InChI=1S/C23H20BrClN2O3/c1-29-22-12-18(6-11-21(22)30-15-17-4-9-20(25)10-5-17)14-26-27-23(28)13-16-2-7-19(24)8-3-16/h2-12,14H,13,15H2,1H3,(H,27,28)/b26-14+. The fourth-order valence-corrected chi connectivity index (χ4v) is 3.02. The summed E-state index contributed by atoms with van der Waals surface area (Å²) < 4.78 is 12.2. The second-order valence-electron chi connectivity index (χ2n) is 6.42. The van der Waals surface area contributed by atoms with Gasteiger partial charge in [-0.1, -0.05) is 51.8 Å². The molecule has 0 bridgehead atoms. The average Bonchev–Trinajstić information content (AvgIpc) is 2.75. The van der Waals surface area contributed by atoms with Gasteiger partial charge in [-0.15, -0.1) is 0 Å². The summed E-state index contributed by atoms with van der Waals surface area (Å²) in [6.07, 6.45) is 1.82. The van der Waals surface area contributed by atoms with Crippen molar-refractivity contribution in [2.24, 2.45) is 5.10 Å². The molecule has 0 saturated carbocycles. The molecule has 3 aromatic carbocycles. The largest absolute Gasteiger partial charge is 0.493 e. The summed E-state index contributed by atoms with van der Waals surface area (Å²) in [4.78, 5) is 12.0. The molecule has 0 aliphatic heterocycles. The third kappa shape index (κ3) is 6.61. The summed E-state index contributed by atoms with van der Waals surface area (Å²) >= 11 is 9.27. The van der Waals surface area contributed by atoms with Gasteiger partial charge in [-0.25, -0.2) is 5.43 Å². The van der Waals surface area contributed by atoms with Crippen molar-refractivity contribution in [2.45, 2.75) is 13.0 Å². The van der Waals surface area contributed by atoms with E-state index in [2.05, 4.69) is 26.5 Å². The van der Waals surface area contributed by atoms with Crippen molar-refractivity contribution in [1.82, 2.24) is 5.43 Å². The summed E-state index contributed by atoms with van der Waals surface area (Å²) in [6, 6.07) is 20.5. The Morgan fingerprint density at radius 2 is 1.73 bits per heavy atom. The first-order valence-corrected chi connectivity index (χ1v) is 10.3. The number of benzene rings is 3. The molecule has 0 saturated heterocycles. The second-order valence-corrected chi connectivity index (χ2v) is 7.77. The van der Waals surface area contributed by atoms with E-state index in [0.29, 0.717) is 23.1 Å².